The molecule has 0 aromatic heterocycles. The molecule has 0 aromatic carbocycles. The number of hydrogen-bond acceptors (Lipinski definition) is 4. The third-order valence-electron chi connectivity index (χ3n) is 4.87. The van der Waals surface area contributed by atoms with Crippen molar-refractivity contribution in [2.45, 2.75) is 50.2 Å². The molecule has 1 heterocycles. The Balaban J connectivity index is 1.75. The fourth-order valence-corrected chi connectivity index (χ4v) is 5.32. The van der Waals surface area contributed by atoms with Gasteiger partial charge in [-0.2, -0.15) is 0 Å². The number of carbonyl (C=O) groups excluding carboxylic acids is 1. The van der Waals surface area contributed by atoms with E-state index in [1.165, 1.54) is 0 Å². The van der Waals surface area contributed by atoms with Crippen LogP contribution in [-0.4, -0.2) is 56.9 Å². The van der Waals surface area contributed by atoms with Crippen LogP contribution in [0.3, 0.4) is 0 Å². The third kappa shape index (κ3) is 4.68. The van der Waals surface area contributed by atoms with E-state index in [2.05, 4.69) is 5.32 Å². The Bertz CT molecular complexity index is 436. The van der Waals surface area contributed by atoms with Crippen molar-refractivity contribution >= 4 is 15.7 Å². The van der Waals surface area contributed by atoms with Crippen LogP contribution >= 0.6 is 0 Å². The first kappa shape index (κ1) is 16.7. The van der Waals surface area contributed by atoms with Crippen molar-refractivity contribution in [3.05, 3.63) is 0 Å². The SMILES string of the molecule is CNCC1CCN(C(=O)CCS(=O)(=O)C2CCCC2)CC1. The van der Waals surface area contributed by atoms with E-state index >= 15 is 0 Å². The van der Waals surface area contributed by atoms with Crippen molar-refractivity contribution in [2.75, 3.05) is 32.4 Å². The minimum absolute atomic E-state index is 0.0134. The molecule has 0 radical (unpaired) electrons. The first-order valence-electron chi connectivity index (χ1n) is 8.17. The molecular weight excluding hydrogens is 288 g/mol. The van der Waals surface area contributed by atoms with Crippen LogP contribution in [0.25, 0.3) is 0 Å². The minimum Gasteiger partial charge on any atom is -0.343 e. The Morgan fingerprint density at radius 3 is 2.33 bits per heavy atom. The van der Waals surface area contributed by atoms with E-state index in [9.17, 15) is 13.2 Å². The number of rotatable bonds is 6. The van der Waals surface area contributed by atoms with E-state index in [4.69, 9.17) is 0 Å². The minimum atomic E-state index is -3.07. The lowest BCUT2D eigenvalue weighted by Gasteiger charge is -2.32. The predicted octanol–water partition coefficient (Wildman–Crippen LogP) is 1.19. The summed E-state index contributed by atoms with van der Waals surface area (Å²) in [6.45, 7) is 2.54. The van der Waals surface area contributed by atoms with Crippen molar-refractivity contribution in [1.82, 2.24) is 10.2 Å². The number of likely N-dealkylation sites (tertiary alicyclic amines) is 1. The second kappa shape index (κ2) is 7.58. The van der Waals surface area contributed by atoms with Crippen molar-refractivity contribution in [3.63, 3.8) is 0 Å². The number of amides is 1. The molecule has 1 saturated carbocycles. The molecule has 0 unspecified atom stereocenters. The molecule has 0 aromatic rings. The molecular formula is C15H28N2O3S. The van der Waals surface area contributed by atoms with E-state index in [1.807, 2.05) is 11.9 Å². The maximum atomic E-state index is 12.2. The summed E-state index contributed by atoms with van der Waals surface area (Å²) in [7, 11) is -1.12. The Kier molecular flexibility index (Phi) is 6.05. The molecule has 2 aliphatic rings. The van der Waals surface area contributed by atoms with Gasteiger partial charge < -0.3 is 10.2 Å². The highest BCUT2D eigenvalue weighted by Gasteiger charge is 2.30. The lowest BCUT2D eigenvalue weighted by molar-refractivity contribution is -0.132. The van der Waals surface area contributed by atoms with E-state index in [1.54, 1.807) is 0 Å². The van der Waals surface area contributed by atoms with Gasteiger partial charge in [-0.05, 0) is 45.2 Å². The standard InChI is InChI=1S/C15H28N2O3S/c1-16-12-13-6-9-17(10-7-13)15(18)8-11-21(19,20)14-4-2-3-5-14/h13-14,16H,2-12H2,1H3. The summed E-state index contributed by atoms with van der Waals surface area (Å²) in [5, 5.41) is 2.99. The van der Waals surface area contributed by atoms with Crippen LogP contribution in [0, 0.1) is 5.92 Å². The average Bonchev–Trinajstić information content (AvgIpc) is 3.01. The quantitative estimate of drug-likeness (QED) is 0.799. The normalized spacial score (nSPS) is 21.9. The zero-order valence-corrected chi connectivity index (χ0v) is 13.8. The second-order valence-electron chi connectivity index (χ2n) is 6.41. The zero-order chi connectivity index (χ0) is 15.3. The topological polar surface area (TPSA) is 66.5 Å². The molecule has 5 nitrogen and oxygen atoms in total. The summed E-state index contributed by atoms with van der Waals surface area (Å²) in [4.78, 5) is 14.0. The fraction of sp³-hybridized carbons (Fsp3) is 0.933. The van der Waals surface area contributed by atoms with Gasteiger partial charge in [0.1, 0.15) is 0 Å². The van der Waals surface area contributed by atoms with Gasteiger partial charge in [0.25, 0.3) is 0 Å². The van der Waals surface area contributed by atoms with Crippen molar-refractivity contribution in [3.8, 4) is 0 Å². The van der Waals surface area contributed by atoms with Crippen LogP contribution in [-0.2, 0) is 14.6 Å². The number of nitrogens with one attached hydrogen (secondary N) is 1. The molecule has 0 spiro atoms. The van der Waals surface area contributed by atoms with Crippen LogP contribution in [0.5, 0.6) is 0 Å². The number of sulfone groups is 1. The molecule has 1 N–H and O–H groups in total. The lowest BCUT2D eigenvalue weighted by atomic mass is 9.97. The highest BCUT2D eigenvalue weighted by atomic mass is 32.2. The van der Waals surface area contributed by atoms with Crippen molar-refractivity contribution < 1.29 is 13.2 Å². The number of piperidine rings is 1. The summed E-state index contributed by atoms with van der Waals surface area (Å²) >= 11 is 0. The molecule has 1 aliphatic heterocycles. The van der Waals surface area contributed by atoms with Crippen LogP contribution in [0.1, 0.15) is 44.9 Å². The molecule has 1 saturated heterocycles. The van der Waals surface area contributed by atoms with Gasteiger partial charge >= 0.3 is 0 Å². The van der Waals surface area contributed by atoms with E-state index in [0.717, 1.165) is 58.2 Å². The first-order chi connectivity index (χ1) is 10.0. The lowest BCUT2D eigenvalue weighted by Crippen LogP contribution is -2.41. The van der Waals surface area contributed by atoms with Gasteiger partial charge in [0.2, 0.25) is 5.91 Å². The Morgan fingerprint density at radius 2 is 1.76 bits per heavy atom. The predicted molar refractivity (Wildman–Crippen MR) is 83.9 cm³/mol. The highest BCUT2D eigenvalue weighted by Crippen LogP contribution is 2.26. The summed E-state index contributed by atoms with van der Waals surface area (Å²) in [5.74, 6) is 0.688. The fourth-order valence-electron chi connectivity index (χ4n) is 3.48. The van der Waals surface area contributed by atoms with Crippen LogP contribution in [0.15, 0.2) is 0 Å². The van der Waals surface area contributed by atoms with Crippen LogP contribution < -0.4 is 5.32 Å². The second-order valence-corrected chi connectivity index (χ2v) is 8.81. The maximum Gasteiger partial charge on any atom is 0.223 e. The van der Waals surface area contributed by atoms with E-state index in [-0.39, 0.29) is 23.3 Å². The Morgan fingerprint density at radius 1 is 1.14 bits per heavy atom. The zero-order valence-electron chi connectivity index (χ0n) is 13.0. The molecule has 0 bridgehead atoms. The number of nitrogens with zero attached hydrogens (tertiary/aromatic N) is 1. The molecule has 2 fully saturated rings. The molecule has 6 heteroatoms. The smallest absolute Gasteiger partial charge is 0.223 e. The summed E-state index contributed by atoms with van der Waals surface area (Å²) in [5.41, 5.74) is 0. The van der Waals surface area contributed by atoms with E-state index in [0.29, 0.717) is 5.92 Å². The van der Waals surface area contributed by atoms with Crippen molar-refractivity contribution in [2.24, 2.45) is 5.92 Å². The summed E-state index contributed by atoms with van der Waals surface area (Å²) in [6, 6.07) is 0. The molecule has 2 rings (SSSR count). The maximum absolute atomic E-state index is 12.2. The average molecular weight is 316 g/mol. The van der Waals surface area contributed by atoms with Gasteiger partial charge in [-0.3, -0.25) is 4.79 Å². The van der Waals surface area contributed by atoms with Gasteiger partial charge in [0.05, 0.1) is 11.0 Å². The monoisotopic (exact) mass is 316 g/mol. The van der Waals surface area contributed by atoms with Crippen LogP contribution in [0.2, 0.25) is 0 Å². The number of hydrogen-bond donors (Lipinski definition) is 1. The van der Waals surface area contributed by atoms with E-state index < -0.39 is 9.84 Å². The molecule has 1 amide bonds. The Labute approximate surface area is 128 Å². The molecule has 122 valence electrons. The van der Waals surface area contributed by atoms with Gasteiger partial charge in [-0.1, -0.05) is 12.8 Å². The molecule has 21 heavy (non-hydrogen) atoms. The molecule has 1 aliphatic carbocycles. The van der Waals surface area contributed by atoms with Gasteiger partial charge in [-0.15, -0.1) is 0 Å². The summed E-state index contributed by atoms with van der Waals surface area (Å²) < 4.78 is 24.4. The highest BCUT2D eigenvalue weighted by molar-refractivity contribution is 7.92. The third-order valence-corrected chi connectivity index (χ3v) is 7.13. The van der Waals surface area contributed by atoms with Gasteiger partial charge in [0, 0.05) is 19.5 Å². The van der Waals surface area contributed by atoms with Gasteiger partial charge in [-0.25, -0.2) is 8.42 Å². The van der Waals surface area contributed by atoms with Crippen LogP contribution in [0.4, 0.5) is 0 Å². The summed E-state index contributed by atoms with van der Waals surface area (Å²) in [6.07, 6.45) is 5.78. The van der Waals surface area contributed by atoms with Crippen molar-refractivity contribution in [1.29, 1.82) is 0 Å². The molecule has 0 atom stereocenters. The Hall–Kier alpha value is -0.620. The first-order valence-corrected chi connectivity index (χ1v) is 9.88. The van der Waals surface area contributed by atoms with Gasteiger partial charge in [0.15, 0.2) is 9.84 Å². The largest absolute Gasteiger partial charge is 0.343 e. The number of carbonyl (C=O) groups is 1.